The van der Waals surface area contributed by atoms with Crippen LogP contribution in [0.15, 0.2) is 53.4 Å². The number of anilines is 2. The zero-order valence-corrected chi connectivity index (χ0v) is 17.8. The van der Waals surface area contributed by atoms with E-state index >= 15 is 0 Å². The maximum atomic E-state index is 12.2. The van der Waals surface area contributed by atoms with Gasteiger partial charge in [0.15, 0.2) is 0 Å². The molecule has 0 radical (unpaired) electrons. The molecule has 0 atom stereocenters. The van der Waals surface area contributed by atoms with Gasteiger partial charge in [-0.2, -0.15) is 0 Å². The molecular weight excluding hydrogens is 412 g/mol. The van der Waals surface area contributed by atoms with Crippen molar-refractivity contribution in [2.45, 2.75) is 11.3 Å². The van der Waals surface area contributed by atoms with Crippen molar-refractivity contribution < 1.29 is 13.2 Å². The van der Waals surface area contributed by atoms with E-state index in [4.69, 9.17) is 11.6 Å². The van der Waals surface area contributed by atoms with E-state index < -0.39 is 10.0 Å². The minimum atomic E-state index is -3.70. The first-order valence-electron chi connectivity index (χ1n) is 9.42. The van der Waals surface area contributed by atoms with Crippen molar-refractivity contribution in [1.29, 1.82) is 0 Å². The molecule has 0 spiro atoms. The van der Waals surface area contributed by atoms with Crippen LogP contribution in [0, 0.1) is 0 Å². The number of hydrogen-bond donors (Lipinski definition) is 2. The number of carbonyl (C=O) groups is 1. The van der Waals surface area contributed by atoms with Crippen molar-refractivity contribution in [3.63, 3.8) is 0 Å². The van der Waals surface area contributed by atoms with Crippen LogP contribution in [-0.4, -0.2) is 59.0 Å². The number of carbonyl (C=O) groups excluding carboxylic acids is 1. The van der Waals surface area contributed by atoms with Crippen LogP contribution < -0.4 is 14.9 Å². The third kappa shape index (κ3) is 6.17. The molecule has 9 heteroatoms. The van der Waals surface area contributed by atoms with Crippen LogP contribution in [0.4, 0.5) is 11.4 Å². The summed E-state index contributed by atoms with van der Waals surface area (Å²) in [6.07, 6.45) is 0.0278. The molecule has 1 aliphatic heterocycles. The summed E-state index contributed by atoms with van der Waals surface area (Å²) in [5, 5.41) is 3.13. The Hall–Kier alpha value is -2.13. The van der Waals surface area contributed by atoms with Gasteiger partial charge in [0, 0.05) is 55.5 Å². The molecule has 2 N–H and O–H groups in total. The van der Waals surface area contributed by atoms with Gasteiger partial charge in [0.25, 0.3) is 0 Å². The Morgan fingerprint density at radius 1 is 1.07 bits per heavy atom. The normalized spacial score (nSPS) is 15.3. The Labute approximate surface area is 176 Å². The minimum absolute atomic E-state index is 0.0000586. The van der Waals surface area contributed by atoms with Gasteiger partial charge in [-0.1, -0.05) is 17.7 Å². The molecule has 156 valence electrons. The lowest BCUT2D eigenvalue weighted by Gasteiger charge is -2.34. The second kappa shape index (κ2) is 9.58. The van der Waals surface area contributed by atoms with Gasteiger partial charge in [0.05, 0.1) is 4.90 Å². The average Bonchev–Trinajstić information content (AvgIpc) is 2.69. The van der Waals surface area contributed by atoms with E-state index in [0.717, 1.165) is 31.9 Å². The predicted octanol–water partition coefficient (Wildman–Crippen LogP) is 2.40. The van der Waals surface area contributed by atoms with Gasteiger partial charge in [-0.05, 0) is 49.5 Å². The summed E-state index contributed by atoms with van der Waals surface area (Å²) in [6.45, 7) is 4.02. The SMILES string of the molecule is CN1CCN(c2ccc(NC(=O)CCNS(=O)(=O)c3cccc(Cl)c3)cc2)CC1. The van der Waals surface area contributed by atoms with Crippen molar-refractivity contribution in [2.75, 3.05) is 50.0 Å². The Balaban J connectivity index is 1.47. The van der Waals surface area contributed by atoms with Gasteiger partial charge in [0.2, 0.25) is 15.9 Å². The maximum absolute atomic E-state index is 12.2. The largest absolute Gasteiger partial charge is 0.369 e. The van der Waals surface area contributed by atoms with Gasteiger partial charge < -0.3 is 15.1 Å². The van der Waals surface area contributed by atoms with Crippen LogP contribution in [0.3, 0.4) is 0 Å². The molecule has 0 saturated carbocycles. The number of halogens is 1. The van der Waals surface area contributed by atoms with Crippen LogP contribution >= 0.6 is 11.6 Å². The van der Waals surface area contributed by atoms with E-state index in [1.165, 1.54) is 12.1 Å². The van der Waals surface area contributed by atoms with Crippen molar-refractivity contribution in [3.05, 3.63) is 53.6 Å². The minimum Gasteiger partial charge on any atom is -0.369 e. The van der Waals surface area contributed by atoms with E-state index in [-0.39, 0.29) is 23.8 Å². The summed E-state index contributed by atoms with van der Waals surface area (Å²) in [4.78, 5) is 16.8. The summed E-state index contributed by atoms with van der Waals surface area (Å²) in [5.74, 6) is -0.258. The number of rotatable bonds is 7. The highest BCUT2D eigenvalue weighted by molar-refractivity contribution is 7.89. The molecule has 0 bridgehead atoms. The van der Waals surface area contributed by atoms with E-state index in [1.54, 1.807) is 12.1 Å². The third-order valence-corrected chi connectivity index (χ3v) is 6.46. The third-order valence-electron chi connectivity index (χ3n) is 4.77. The second-order valence-electron chi connectivity index (χ2n) is 6.99. The summed E-state index contributed by atoms with van der Waals surface area (Å²) >= 11 is 5.83. The highest BCUT2D eigenvalue weighted by Crippen LogP contribution is 2.19. The van der Waals surface area contributed by atoms with Crippen LogP contribution in [0.5, 0.6) is 0 Å². The first-order chi connectivity index (χ1) is 13.8. The number of likely N-dealkylation sites (N-methyl/N-ethyl adjacent to an activating group) is 1. The molecule has 1 heterocycles. The molecule has 1 saturated heterocycles. The van der Waals surface area contributed by atoms with Crippen LogP contribution in [0.2, 0.25) is 5.02 Å². The molecule has 2 aromatic rings. The summed E-state index contributed by atoms with van der Waals surface area (Å²) in [5.41, 5.74) is 1.82. The summed E-state index contributed by atoms with van der Waals surface area (Å²) < 4.78 is 26.9. The molecule has 0 aromatic heterocycles. The Kier molecular flexibility index (Phi) is 7.13. The lowest BCUT2D eigenvalue weighted by molar-refractivity contribution is -0.116. The fourth-order valence-corrected chi connectivity index (χ4v) is 4.39. The topological polar surface area (TPSA) is 81.8 Å². The van der Waals surface area contributed by atoms with Crippen LogP contribution in [-0.2, 0) is 14.8 Å². The molecule has 3 rings (SSSR count). The van der Waals surface area contributed by atoms with Crippen LogP contribution in [0.1, 0.15) is 6.42 Å². The van der Waals surface area contributed by atoms with E-state index in [9.17, 15) is 13.2 Å². The van der Waals surface area contributed by atoms with Crippen molar-refractivity contribution in [1.82, 2.24) is 9.62 Å². The number of benzene rings is 2. The highest BCUT2D eigenvalue weighted by Gasteiger charge is 2.16. The summed E-state index contributed by atoms with van der Waals surface area (Å²) in [7, 11) is -1.58. The second-order valence-corrected chi connectivity index (χ2v) is 9.19. The zero-order valence-electron chi connectivity index (χ0n) is 16.3. The number of hydrogen-bond acceptors (Lipinski definition) is 5. The number of amides is 1. The van der Waals surface area contributed by atoms with Gasteiger partial charge in [-0.25, -0.2) is 13.1 Å². The molecule has 1 fully saturated rings. The quantitative estimate of drug-likeness (QED) is 0.696. The van der Waals surface area contributed by atoms with Crippen LogP contribution in [0.25, 0.3) is 0 Å². The Morgan fingerprint density at radius 2 is 1.76 bits per heavy atom. The first-order valence-corrected chi connectivity index (χ1v) is 11.3. The smallest absolute Gasteiger partial charge is 0.240 e. The van der Waals surface area contributed by atoms with E-state index in [0.29, 0.717) is 10.7 Å². The number of nitrogens with zero attached hydrogens (tertiary/aromatic N) is 2. The van der Waals surface area contributed by atoms with Gasteiger partial charge in [0.1, 0.15) is 0 Å². The first kappa shape index (κ1) is 21.6. The van der Waals surface area contributed by atoms with Gasteiger partial charge >= 0.3 is 0 Å². The fourth-order valence-electron chi connectivity index (χ4n) is 3.06. The van der Waals surface area contributed by atoms with Gasteiger partial charge in [-0.15, -0.1) is 0 Å². The Bertz CT molecular complexity index is 942. The van der Waals surface area contributed by atoms with E-state index in [2.05, 4.69) is 26.9 Å². The molecule has 0 unspecified atom stereocenters. The molecule has 1 amide bonds. The fraction of sp³-hybridized carbons (Fsp3) is 0.350. The molecule has 0 aliphatic carbocycles. The van der Waals surface area contributed by atoms with Crippen molar-refractivity contribution in [3.8, 4) is 0 Å². The van der Waals surface area contributed by atoms with Crippen molar-refractivity contribution in [2.24, 2.45) is 0 Å². The predicted molar refractivity (Wildman–Crippen MR) is 116 cm³/mol. The monoisotopic (exact) mass is 436 g/mol. The standard InChI is InChI=1S/C20H25ClN4O3S/c1-24-11-13-25(14-12-24)18-7-5-17(6-8-18)23-20(26)9-10-22-29(27,28)19-4-2-3-16(21)15-19/h2-8,15,22H,9-14H2,1H3,(H,23,26). The highest BCUT2D eigenvalue weighted by atomic mass is 35.5. The maximum Gasteiger partial charge on any atom is 0.240 e. The number of nitrogens with one attached hydrogen (secondary N) is 2. The number of sulfonamides is 1. The Morgan fingerprint density at radius 3 is 2.41 bits per heavy atom. The molecular formula is C20H25ClN4O3S. The van der Waals surface area contributed by atoms with Gasteiger partial charge in [-0.3, -0.25) is 4.79 Å². The average molecular weight is 437 g/mol. The number of piperazine rings is 1. The lowest BCUT2D eigenvalue weighted by Crippen LogP contribution is -2.44. The molecule has 29 heavy (non-hydrogen) atoms. The molecule has 7 nitrogen and oxygen atoms in total. The molecule has 2 aromatic carbocycles. The van der Waals surface area contributed by atoms with E-state index in [1.807, 2.05) is 24.3 Å². The zero-order chi connectivity index (χ0) is 20.9. The summed E-state index contributed by atoms with van der Waals surface area (Å²) in [6, 6.07) is 13.7. The van der Waals surface area contributed by atoms with Crippen molar-refractivity contribution >= 4 is 38.9 Å². The molecule has 1 aliphatic rings. The lowest BCUT2D eigenvalue weighted by atomic mass is 10.2.